The number of nitrogens with one attached hydrogen (secondary N) is 2. The first-order valence-corrected chi connectivity index (χ1v) is 9.10. The zero-order valence-corrected chi connectivity index (χ0v) is 15.7. The molecule has 0 aliphatic heterocycles. The minimum absolute atomic E-state index is 0.299. The number of rotatable bonds is 7. The van der Waals surface area contributed by atoms with Crippen LogP contribution in [-0.2, 0) is 13.0 Å². The van der Waals surface area contributed by atoms with Gasteiger partial charge in [0, 0.05) is 32.4 Å². The lowest BCUT2D eigenvalue weighted by Gasteiger charge is -2.12. The predicted octanol–water partition coefficient (Wildman–Crippen LogP) is 3.92. The standard InChI is InChI=1S/C22H23FN4O/c1-24-22(25-14-13-17-5-3-2-4-6-17)27-16-18-7-12-21(26-15-18)28-20-10-8-19(23)9-11-20/h2-12,15H,13-14,16H2,1H3,(H2,24,25,27). The van der Waals surface area contributed by atoms with Crippen LogP contribution in [0.1, 0.15) is 11.1 Å². The van der Waals surface area contributed by atoms with Crippen molar-refractivity contribution in [1.29, 1.82) is 0 Å². The third kappa shape index (κ3) is 6.09. The summed E-state index contributed by atoms with van der Waals surface area (Å²) in [5, 5.41) is 6.56. The number of hydrogen-bond acceptors (Lipinski definition) is 3. The van der Waals surface area contributed by atoms with Crippen LogP contribution in [0, 0.1) is 5.82 Å². The Morgan fingerprint density at radius 1 is 0.964 bits per heavy atom. The number of guanidine groups is 1. The first kappa shape index (κ1) is 19.4. The van der Waals surface area contributed by atoms with E-state index in [0.717, 1.165) is 24.5 Å². The summed E-state index contributed by atoms with van der Waals surface area (Å²) < 4.78 is 18.5. The molecule has 5 nitrogen and oxygen atoms in total. The molecule has 0 bridgehead atoms. The van der Waals surface area contributed by atoms with Crippen LogP contribution in [0.25, 0.3) is 0 Å². The number of ether oxygens (including phenoxy) is 1. The Morgan fingerprint density at radius 2 is 1.75 bits per heavy atom. The normalized spacial score (nSPS) is 11.1. The average molecular weight is 378 g/mol. The van der Waals surface area contributed by atoms with Crippen molar-refractivity contribution in [1.82, 2.24) is 15.6 Å². The van der Waals surface area contributed by atoms with Crippen molar-refractivity contribution in [3.05, 3.63) is 89.9 Å². The van der Waals surface area contributed by atoms with Gasteiger partial charge in [-0.05, 0) is 41.8 Å². The van der Waals surface area contributed by atoms with E-state index in [9.17, 15) is 4.39 Å². The molecular formula is C22H23FN4O. The van der Waals surface area contributed by atoms with Crippen LogP contribution < -0.4 is 15.4 Å². The lowest BCUT2D eigenvalue weighted by Crippen LogP contribution is -2.37. The highest BCUT2D eigenvalue weighted by atomic mass is 19.1. The van der Waals surface area contributed by atoms with Gasteiger partial charge in [0.1, 0.15) is 11.6 Å². The fraction of sp³-hybridized carbons (Fsp3) is 0.182. The Morgan fingerprint density at radius 3 is 2.43 bits per heavy atom. The van der Waals surface area contributed by atoms with E-state index in [1.807, 2.05) is 24.3 Å². The molecule has 0 amide bonds. The molecule has 0 saturated heterocycles. The summed E-state index contributed by atoms with van der Waals surface area (Å²) in [7, 11) is 1.75. The van der Waals surface area contributed by atoms with Crippen molar-refractivity contribution in [2.24, 2.45) is 4.99 Å². The maximum absolute atomic E-state index is 12.9. The number of nitrogens with zero attached hydrogens (tertiary/aromatic N) is 2. The van der Waals surface area contributed by atoms with Crippen molar-refractivity contribution < 1.29 is 9.13 Å². The molecule has 2 aromatic carbocycles. The highest BCUT2D eigenvalue weighted by Gasteiger charge is 2.02. The van der Waals surface area contributed by atoms with E-state index in [2.05, 4.69) is 32.7 Å². The molecule has 0 unspecified atom stereocenters. The number of pyridine rings is 1. The smallest absolute Gasteiger partial charge is 0.219 e. The number of benzene rings is 2. The van der Waals surface area contributed by atoms with Gasteiger partial charge in [-0.15, -0.1) is 0 Å². The lowest BCUT2D eigenvalue weighted by atomic mass is 10.1. The molecule has 0 aliphatic rings. The van der Waals surface area contributed by atoms with Crippen LogP contribution in [0.2, 0.25) is 0 Å². The fourth-order valence-electron chi connectivity index (χ4n) is 2.58. The highest BCUT2D eigenvalue weighted by molar-refractivity contribution is 5.79. The van der Waals surface area contributed by atoms with Crippen LogP contribution in [0.15, 0.2) is 77.9 Å². The monoisotopic (exact) mass is 378 g/mol. The summed E-state index contributed by atoms with van der Waals surface area (Å²) in [6, 6.07) is 19.9. The van der Waals surface area contributed by atoms with Crippen LogP contribution >= 0.6 is 0 Å². The quantitative estimate of drug-likeness (QED) is 0.483. The fourth-order valence-corrected chi connectivity index (χ4v) is 2.58. The molecule has 3 rings (SSSR count). The molecule has 0 atom stereocenters. The number of aromatic nitrogens is 1. The summed E-state index contributed by atoms with van der Waals surface area (Å²) >= 11 is 0. The predicted molar refractivity (Wildman–Crippen MR) is 109 cm³/mol. The van der Waals surface area contributed by atoms with E-state index in [-0.39, 0.29) is 5.82 Å². The van der Waals surface area contributed by atoms with Gasteiger partial charge in [0.05, 0.1) is 0 Å². The van der Waals surface area contributed by atoms with E-state index in [1.54, 1.807) is 31.4 Å². The summed E-state index contributed by atoms with van der Waals surface area (Å²) in [5.74, 6) is 1.44. The highest BCUT2D eigenvalue weighted by Crippen LogP contribution is 2.19. The number of aliphatic imine (C=N–C) groups is 1. The van der Waals surface area contributed by atoms with Gasteiger partial charge in [0.25, 0.3) is 0 Å². The van der Waals surface area contributed by atoms with Crippen molar-refractivity contribution >= 4 is 5.96 Å². The molecule has 28 heavy (non-hydrogen) atoms. The van der Waals surface area contributed by atoms with Crippen molar-refractivity contribution in [3.8, 4) is 11.6 Å². The Kier molecular flexibility index (Phi) is 6.95. The number of hydrogen-bond donors (Lipinski definition) is 2. The van der Waals surface area contributed by atoms with E-state index in [4.69, 9.17) is 4.74 Å². The number of halogens is 1. The van der Waals surface area contributed by atoms with Crippen LogP contribution in [0.5, 0.6) is 11.6 Å². The largest absolute Gasteiger partial charge is 0.439 e. The Labute approximate surface area is 164 Å². The maximum Gasteiger partial charge on any atom is 0.219 e. The molecule has 6 heteroatoms. The van der Waals surface area contributed by atoms with Gasteiger partial charge in [-0.25, -0.2) is 9.37 Å². The van der Waals surface area contributed by atoms with Gasteiger partial charge in [0.2, 0.25) is 5.88 Å². The average Bonchev–Trinajstić information content (AvgIpc) is 2.74. The van der Waals surface area contributed by atoms with E-state index < -0.39 is 0 Å². The molecule has 0 fully saturated rings. The molecule has 0 saturated carbocycles. The van der Waals surface area contributed by atoms with Gasteiger partial charge < -0.3 is 15.4 Å². The second kappa shape index (κ2) is 10.1. The van der Waals surface area contributed by atoms with E-state index in [0.29, 0.717) is 18.2 Å². The van der Waals surface area contributed by atoms with Crippen LogP contribution in [0.4, 0.5) is 4.39 Å². The molecule has 144 valence electrons. The zero-order chi connectivity index (χ0) is 19.6. The third-order valence-corrected chi connectivity index (χ3v) is 4.07. The topological polar surface area (TPSA) is 58.5 Å². The van der Waals surface area contributed by atoms with Gasteiger partial charge in [-0.1, -0.05) is 36.4 Å². The van der Waals surface area contributed by atoms with E-state index >= 15 is 0 Å². The lowest BCUT2D eigenvalue weighted by molar-refractivity contribution is 0.461. The first-order valence-electron chi connectivity index (χ1n) is 9.10. The third-order valence-electron chi connectivity index (χ3n) is 4.07. The molecule has 1 heterocycles. The van der Waals surface area contributed by atoms with Crippen molar-refractivity contribution in [3.63, 3.8) is 0 Å². The summed E-state index contributed by atoms with van der Waals surface area (Å²) in [6.07, 6.45) is 2.67. The Hall–Kier alpha value is -3.41. The Bertz CT molecular complexity index is 881. The molecule has 3 aromatic rings. The zero-order valence-electron chi connectivity index (χ0n) is 15.7. The molecule has 0 aliphatic carbocycles. The van der Waals surface area contributed by atoms with Crippen LogP contribution in [-0.4, -0.2) is 24.5 Å². The molecule has 2 N–H and O–H groups in total. The minimum atomic E-state index is -0.299. The van der Waals surface area contributed by atoms with Gasteiger partial charge >= 0.3 is 0 Å². The molecular weight excluding hydrogens is 355 g/mol. The van der Waals surface area contributed by atoms with Crippen molar-refractivity contribution in [2.75, 3.05) is 13.6 Å². The van der Waals surface area contributed by atoms with Gasteiger partial charge in [0.15, 0.2) is 5.96 Å². The van der Waals surface area contributed by atoms with Gasteiger partial charge in [-0.3, -0.25) is 4.99 Å². The maximum atomic E-state index is 12.9. The summed E-state index contributed by atoms with van der Waals surface area (Å²) in [5.41, 5.74) is 2.28. The first-order chi connectivity index (χ1) is 13.7. The Balaban J connectivity index is 1.44. The summed E-state index contributed by atoms with van der Waals surface area (Å²) in [4.78, 5) is 8.52. The molecule has 1 aromatic heterocycles. The van der Waals surface area contributed by atoms with E-state index in [1.165, 1.54) is 17.7 Å². The molecule has 0 spiro atoms. The van der Waals surface area contributed by atoms with Gasteiger partial charge in [-0.2, -0.15) is 0 Å². The van der Waals surface area contributed by atoms with Crippen LogP contribution in [0.3, 0.4) is 0 Å². The molecule has 0 radical (unpaired) electrons. The second-order valence-electron chi connectivity index (χ2n) is 6.15. The minimum Gasteiger partial charge on any atom is -0.439 e. The SMILES string of the molecule is CN=C(NCCc1ccccc1)NCc1ccc(Oc2ccc(F)cc2)nc1. The van der Waals surface area contributed by atoms with Crippen molar-refractivity contribution in [2.45, 2.75) is 13.0 Å². The second-order valence-corrected chi connectivity index (χ2v) is 6.15. The summed E-state index contributed by atoms with van der Waals surface area (Å²) in [6.45, 7) is 1.39.